The van der Waals surface area contributed by atoms with E-state index >= 15 is 0 Å². The first-order valence-corrected chi connectivity index (χ1v) is 6.45. The van der Waals surface area contributed by atoms with E-state index in [0.29, 0.717) is 10.9 Å². The van der Waals surface area contributed by atoms with Gasteiger partial charge in [-0.05, 0) is 17.5 Å². The van der Waals surface area contributed by atoms with Gasteiger partial charge in [0.25, 0.3) is 0 Å². The maximum atomic E-state index is 11.0. The van der Waals surface area contributed by atoms with E-state index in [1.807, 2.05) is 13.0 Å². The number of nitrogens with two attached hydrogens (primary N) is 2. The Balaban J connectivity index is 0.000000921. The maximum absolute atomic E-state index is 11.0. The van der Waals surface area contributed by atoms with Gasteiger partial charge < -0.3 is 0 Å². The van der Waals surface area contributed by atoms with Crippen molar-refractivity contribution >= 4 is 22.4 Å². The maximum Gasteiger partial charge on any atom is 0.129 e. The van der Waals surface area contributed by atoms with Crippen LogP contribution in [-0.2, 0) is 10.8 Å². The number of hydrazine groups is 1. The van der Waals surface area contributed by atoms with Gasteiger partial charge in [-0.15, -0.1) is 0 Å². The van der Waals surface area contributed by atoms with Crippen molar-refractivity contribution in [3.63, 3.8) is 0 Å². The van der Waals surface area contributed by atoms with Crippen molar-refractivity contribution in [1.29, 1.82) is 0 Å². The molecule has 6 heteroatoms. The van der Waals surface area contributed by atoms with Gasteiger partial charge in [0, 0.05) is 29.0 Å². The van der Waals surface area contributed by atoms with E-state index in [4.69, 9.17) is 11.6 Å². The van der Waals surface area contributed by atoms with E-state index in [-0.39, 0.29) is 5.92 Å². The third-order valence-corrected chi connectivity index (χ3v) is 3.00. The van der Waals surface area contributed by atoms with Crippen LogP contribution in [0.5, 0.6) is 0 Å². The van der Waals surface area contributed by atoms with Gasteiger partial charge in [-0.1, -0.05) is 24.6 Å². The molecule has 0 aromatic carbocycles. The molecule has 2 atom stereocenters. The van der Waals surface area contributed by atoms with Gasteiger partial charge in [0.1, 0.15) is 5.15 Å². The monoisotopic (exact) mass is 249 g/mol. The van der Waals surface area contributed by atoms with Crippen molar-refractivity contribution in [2.75, 3.05) is 12.0 Å². The third-order valence-electron chi connectivity index (χ3n) is 1.80. The fraction of sp³-hybridized carbons (Fsp3) is 0.444. The summed E-state index contributed by atoms with van der Waals surface area (Å²) in [4.78, 5) is 3.97. The van der Waals surface area contributed by atoms with Crippen molar-refractivity contribution in [1.82, 2.24) is 4.98 Å². The summed E-state index contributed by atoms with van der Waals surface area (Å²) in [6, 6.07) is 3.68. The second-order valence-corrected chi connectivity index (χ2v) is 4.92. The summed E-state index contributed by atoms with van der Waals surface area (Å²) in [5.41, 5.74) is 1.08. The lowest BCUT2D eigenvalue weighted by molar-refractivity contribution is 0.681. The molecular weight excluding hydrogens is 234 g/mol. The molecule has 0 aliphatic rings. The van der Waals surface area contributed by atoms with Crippen LogP contribution >= 0.6 is 11.6 Å². The van der Waals surface area contributed by atoms with E-state index in [2.05, 4.69) is 16.7 Å². The topological polar surface area (TPSA) is 82.0 Å². The summed E-state index contributed by atoms with van der Waals surface area (Å²) in [6.07, 6.45) is 3.44. The minimum atomic E-state index is -0.762. The van der Waals surface area contributed by atoms with Crippen LogP contribution in [0.15, 0.2) is 18.3 Å². The van der Waals surface area contributed by atoms with Gasteiger partial charge in [-0.25, -0.2) is 4.98 Å². The Hall–Kier alpha value is -0.490. The number of hydrogen-bond acceptors (Lipinski definition) is 4. The number of rotatable bonds is 3. The summed E-state index contributed by atoms with van der Waals surface area (Å²) in [5.74, 6) is 8.94. The normalized spacial score (nSPS) is 13.7. The fourth-order valence-electron chi connectivity index (χ4n) is 1.13. The lowest BCUT2D eigenvalue weighted by atomic mass is 10.1. The molecule has 0 amide bonds. The van der Waals surface area contributed by atoms with Crippen molar-refractivity contribution < 1.29 is 4.21 Å². The number of nitrogens with zero attached hydrogens (tertiary/aromatic N) is 1. The van der Waals surface area contributed by atoms with Crippen LogP contribution in [0.1, 0.15) is 18.4 Å². The molecule has 1 aromatic heterocycles. The number of pyridine rings is 1. The minimum Gasteiger partial charge on any atom is -0.274 e. The van der Waals surface area contributed by atoms with Gasteiger partial charge in [0.2, 0.25) is 0 Å². The molecule has 4 N–H and O–H groups in total. The first-order valence-electron chi connectivity index (χ1n) is 4.34. The van der Waals surface area contributed by atoms with Crippen molar-refractivity contribution in [2.45, 2.75) is 12.8 Å². The van der Waals surface area contributed by atoms with Gasteiger partial charge in [-0.3, -0.25) is 15.9 Å². The molecule has 2 unspecified atom stereocenters. The van der Waals surface area contributed by atoms with Crippen molar-refractivity contribution in [3.05, 3.63) is 29.0 Å². The molecule has 0 aliphatic heterocycles. The van der Waals surface area contributed by atoms with Crippen molar-refractivity contribution in [3.8, 4) is 0 Å². The first kappa shape index (κ1) is 14.5. The third kappa shape index (κ3) is 5.84. The highest BCUT2D eigenvalue weighted by atomic mass is 35.5. The molecular formula is C9H16ClN3OS. The molecule has 0 spiro atoms. The quantitative estimate of drug-likeness (QED) is 0.476. The predicted molar refractivity (Wildman–Crippen MR) is 65.0 cm³/mol. The second-order valence-electron chi connectivity index (χ2n) is 3.06. The lowest BCUT2D eigenvalue weighted by Gasteiger charge is -2.08. The van der Waals surface area contributed by atoms with Crippen LogP contribution < -0.4 is 11.7 Å². The van der Waals surface area contributed by atoms with Crippen LogP contribution in [0.3, 0.4) is 0 Å². The molecule has 1 heterocycles. The predicted octanol–water partition coefficient (Wildman–Crippen LogP) is 1.04. The highest BCUT2D eigenvalue weighted by molar-refractivity contribution is 7.84. The van der Waals surface area contributed by atoms with Gasteiger partial charge in [-0.2, -0.15) is 0 Å². The highest BCUT2D eigenvalue weighted by Gasteiger charge is 2.07. The van der Waals surface area contributed by atoms with Crippen molar-refractivity contribution in [2.24, 2.45) is 11.7 Å². The molecule has 15 heavy (non-hydrogen) atoms. The standard InChI is InChI=1S/C9H12ClNOS.H4N2/c1-7(6-13(2)12)8-3-4-9(10)11-5-8;1-2/h3-5,7H,6H2,1-2H3;1-2H2. The Morgan fingerprint density at radius 3 is 2.53 bits per heavy atom. The molecule has 4 nitrogen and oxygen atoms in total. The SMILES string of the molecule is CC(CS(C)=O)c1ccc(Cl)nc1.NN. The molecule has 0 aliphatic carbocycles. The molecule has 0 saturated carbocycles. The molecule has 1 rings (SSSR count). The minimum absolute atomic E-state index is 0.274. The summed E-state index contributed by atoms with van der Waals surface area (Å²) in [7, 11) is -0.762. The Morgan fingerprint density at radius 1 is 1.53 bits per heavy atom. The van der Waals surface area contributed by atoms with E-state index in [1.165, 1.54) is 0 Å². The Morgan fingerprint density at radius 2 is 2.13 bits per heavy atom. The Bertz CT molecular complexity index is 305. The zero-order valence-corrected chi connectivity index (χ0v) is 10.4. The summed E-state index contributed by atoms with van der Waals surface area (Å²) in [5, 5.41) is 0.494. The van der Waals surface area contributed by atoms with Crippen LogP contribution in [0.4, 0.5) is 0 Å². The number of hydrogen-bond donors (Lipinski definition) is 2. The van der Waals surface area contributed by atoms with Gasteiger partial charge >= 0.3 is 0 Å². The van der Waals surface area contributed by atoms with E-state index in [9.17, 15) is 4.21 Å². The van der Waals surface area contributed by atoms with E-state index < -0.39 is 10.8 Å². The Labute approximate surface area is 97.4 Å². The molecule has 86 valence electrons. The number of halogens is 1. The second kappa shape index (κ2) is 7.76. The molecule has 0 bridgehead atoms. The zero-order valence-electron chi connectivity index (χ0n) is 8.81. The molecule has 0 radical (unpaired) electrons. The van der Waals surface area contributed by atoms with E-state index in [1.54, 1.807) is 18.5 Å². The molecule has 0 fully saturated rings. The summed E-state index contributed by atoms with van der Waals surface area (Å²) >= 11 is 5.65. The van der Waals surface area contributed by atoms with Gasteiger partial charge in [0.05, 0.1) is 0 Å². The van der Waals surface area contributed by atoms with Crippen LogP contribution in [0.25, 0.3) is 0 Å². The molecule has 0 saturated heterocycles. The van der Waals surface area contributed by atoms with Gasteiger partial charge in [0.15, 0.2) is 0 Å². The lowest BCUT2D eigenvalue weighted by Crippen LogP contribution is -2.04. The van der Waals surface area contributed by atoms with Crippen LogP contribution in [0.2, 0.25) is 5.15 Å². The fourth-order valence-corrected chi connectivity index (χ4v) is 2.14. The van der Waals surface area contributed by atoms with E-state index in [0.717, 1.165) is 5.56 Å². The number of aromatic nitrogens is 1. The zero-order chi connectivity index (χ0) is 11.8. The first-order chi connectivity index (χ1) is 7.09. The van der Waals surface area contributed by atoms with Crippen LogP contribution in [-0.4, -0.2) is 21.2 Å². The van der Waals surface area contributed by atoms with Crippen LogP contribution in [0, 0.1) is 0 Å². The Kier molecular flexibility index (Phi) is 7.50. The largest absolute Gasteiger partial charge is 0.274 e. The summed E-state index contributed by atoms with van der Waals surface area (Å²) in [6.45, 7) is 2.03. The average Bonchev–Trinajstić information content (AvgIpc) is 2.20. The smallest absolute Gasteiger partial charge is 0.129 e. The molecule has 1 aromatic rings. The summed E-state index contributed by atoms with van der Waals surface area (Å²) < 4.78 is 11.0. The average molecular weight is 250 g/mol. The highest BCUT2D eigenvalue weighted by Crippen LogP contribution is 2.16.